The monoisotopic (exact) mass is 157 g/mol. The Kier molecular flexibility index (Phi) is 1.99. The van der Waals surface area contributed by atoms with Gasteiger partial charge in [0.25, 0.3) is 0 Å². The van der Waals surface area contributed by atoms with Gasteiger partial charge in [-0.25, -0.2) is 0 Å². The van der Waals surface area contributed by atoms with Crippen LogP contribution in [0, 0.1) is 5.41 Å². The van der Waals surface area contributed by atoms with Crippen molar-refractivity contribution >= 4 is 17.2 Å². The number of hydrogen-bond acceptors (Lipinski definition) is 1. The first kappa shape index (κ1) is 7.99. The van der Waals surface area contributed by atoms with Gasteiger partial charge in [-0.3, -0.25) is 0 Å². The van der Waals surface area contributed by atoms with Gasteiger partial charge in [0, 0.05) is 19.0 Å². The summed E-state index contributed by atoms with van der Waals surface area (Å²) in [5, 5.41) is 0. The normalized spacial score (nSPS) is 25.1. The lowest BCUT2D eigenvalue weighted by atomic mass is 9.84. The molecule has 0 aliphatic carbocycles. The van der Waals surface area contributed by atoms with E-state index in [4.69, 9.17) is 12.2 Å². The van der Waals surface area contributed by atoms with Crippen LogP contribution in [0.2, 0.25) is 0 Å². The second-order valence-electron chi connectivity index (χ2n) is 3.71. The molecule has 1 fully saturated rings. The highest BCUT2D eigenvalue weighted by Crippen LogP contribution is 2.29. The van der Waals surface area contributed by atoms with Gasteiger partial charge in [-0.2, -0.15) is 0 Å². The molecule has 10 heavy (non-hydrogen) atoms. The SMILES string of the molecule is CN1CCCC(C)(C)C1=S. The predicted molar refractivity (Wildman–Crippen MR) is 48.2 cm³/mol. The van der Waals surface area contributed by atoms with Crippen molar-refractivity contribution in [1.82, 2.24) is 4.90 Å². The Bertz CT molecular complexity index is 151. The summed E-state index contributed by atoms with van der Waals surface area (Å²) in [6.07, 6.45) is 2.53. The van der Waals surface area contributed by atoms with Crippen molar-refractivity contribution in [3.63, 3.8) is 0 Å². The van der Waals surface area contributed by atoms with Crippen LogP contribution in [0.5, 0.6) is 0 Å². The molecule has 0 aromatic heterocycles. The highest BCUT2D eigenvalue weighted by atomic mass is 32.1. The fourth-order valence-corrected chi connectivity index (χ4v) is 1.68. The van der Waals surface area contributed by atoms with E-state index >= 15 is 0 Å². The molecule has 1 heterocycles. The lowest BCUT2D eigenvalue weighted by molar-refractivity contribution is 0.320. The van der Waals surface area contributed by atoms with E-state index in [9.17, 15) is 0 Å². The van der Waals surface area contributed by atoms with Crippen molar-refractivity contribution in [1.29, 1.82) is 0 Å². The number of nitrogens with zero attached hydrogens (tertiary/aromatic N) is 1. The molecule has 2 heteroatoms. The molecular formula is C8H15NS. The second kappa shape index (κ2) is 2.50. The molecule has 0 aromatic rings. The summed E-state index contributed by atoms with van der Waals surface area (Å²) in [6.45, 7) is 5.60. The average Bonchev–Trinajstić information content (AvgIpc) is 1.83. The van der Waals surface area contributed by atoms with Crippen LogP contribution in [0.25, 0.3) is 0 Å². The molecule has 1 saturated heterocycles. The van der Waals surface area contributed by atoms with E-state index in [0.29, 0.717) is 0 Å². The van der Waals surface area contributed by atoms with E-state index in [0.717, 1.165) is 11.5 Å². The van der Waals surface area contributed by atoms with Crippen molar-refractivity contribution in [3.05, 3.63) is 0 Å². The number of piperidine rings is 1. The van der Waals surface area contributed by atoms with Gasteiger partial charge in [0.15, 0.2) is 0 Å². The minimum atomic E-state index is 0.266. The van der Waals surface area contributed by atoms with Gasteiger partial charge in [-0.15, -0.1) is 0 Å². The fraction of sp³-hybridized carbons (Fsp3) is 0.875. The van der Waals surface area contributed by atoms with E-state index in [-0.39, 0.29) is 5.41 Å². The van der Waals surface area contributed by atoms with Crippen LogP contribution in [0.4, 0.5) is 0 Å². The molecule has 1 aliphatic heterocycles. The molecule has 0 spiro atoms. The standard InChI is InChI=1S/C8H15NS/c1-8(2)5-4-6-9(3)7(8)10/h4-6H2,1-3H3. The van der Waals surface area contributed by atoms with E-state index in [1.165, 1.54) is 12.8 Å². The van der Waals surface area contributed by atoms with Gasteiger partial charge in [0.2, 0.25) is 0 Å². The van der Waals surface area contributed by atoms with E-state index in [2.05, 4.69) is 25.8 Å². The van der Waals surface area contributed by atoms with Crippen LogP contribution in [-0.4, -0.2) is 23.5 Å². The second-order valence-corrected chi connectivity index (χ2v) is 4.10. The van der Waals surface area contributed by atoms with Crippen LogP contribution >= 0.6 is 12.2 Å². The van der Waals surface area contributed by atoms with Gasteiger partial charge >= 0.3 is 0 Å². The molecule has 58 valence electrons. The smallest absolute Gasteiger partial charge is 0.0833 e. The largest absolute Gasteiger partial charge is 0.369 e. The molecule has 0 atom stereocenters. The average molecular weight is 157 g/mol. The Balaban J connectivity index is 2.70. The molecular weight excluding hydrogens is 142 g/mol. The zero-order chi connectivity index (χ0) is 7.78. The molecule has 1 rings (SSSR count). The van der Waals surface area contributed by atoms with Gasteiger partial charge in [-0.1, -0.05) is 26.1 Å². The van der Waals surface area contributed by atoms with Crippen LogP contribution in [-0.2, 0) is 0 Å². The summed E-state index contributed by atoms with van der Waals surface area (Å²) in [6, 6.07) is 0. The Morgan fingerprint density at radius 2 is 2.10 bits per heavy atom. The van der Waals surface area contributed by atoms with Crippen LogP contribution in [0.15, 0.2) is 0 Å². The van der Waals surface area contributed by atoms with Crippen molar-refractivity contribution in [2.24, 2.45) is 5.41 Å². The lowest BCUT2D eigenvalue weighted by Crippen LogP contribution is -2.42. The molecule has 1 nitrogen and oxygen atoms in total. The molecule has 0 radical (unpaired) electrons. The maximum atomic E-state index is 5.29. The van der Waals surface area contributed by atoms with Crippen LogP contribution < -0.4 is 0 Å². The Labute approximate surface area is 68.4 Å². The first-order chi connectivity index (χ1) is 4.54. The van der Waals surface area contributed by atoms with Crippen LogP contribution in [0.1, 0.15) is 26.7 Å². The predicted octanol–water partition coefficient (Wildman–Crippen LogP) is 2.07. The quantitative estimate of drug-likeness (QED) is 0.495. The minimum Gasteiger partial charge on any atom is -0.369 e. The zero-order valence-corrected chi connectivity index (χ0v) is 7.79. The summed E-state index contributed by atoms with van der Waals surface area (Å²) < 4.78 is 0. The molecule has 0 N–H and O–H groups in total. The van der Waals surface area contributed by atoms with Crippen molar-refractivity contribution in [3.8, 4) is 0 Å². The summed E-state index contributed by atoms with van der Waals surface area (Å²) in [5.41, 5.74) is 0.266. The molecule has 0 bridgehead atoms. The third kappa shape index (κ3) is 1.31. The third-order valence-corrected chi connectivity index (χ3v) is 3.09. The highest BCUT2D eigenvalue weighted by molar-refractivity contribution is 7.80. The number of thiocarbonyl (C=S) groups is 1. The van der Waals surface area contributed by atoms with Gasteiger partial charge < -0.3 is 4.90 Å². The van der Waals surface area contributed by atoms with E-state index < -0.39 is 0 Å². The highest BCUT2D eigenvalue weighted by Gasteiger charge is 2.29. The third-order valence-electron chi connectivity index (χ3n) is 2.22. The number of hydrogen-bond donors (Lipinski definition) is 0. The van der Waals surface area contributed by atoms with Gasteiger partial charge in [-0.05, 0) is 12.8 Å². The van der Waals surface area contributed by atoms with E-state index in [1.54, 1.807) is 0 Å². The number of likely N-dealkylation sites (tertiary alicyclic amines) is 1. The first-order valence-electron chi connectivity index (χ1n) is 3.79. The summed E-state index contributed by atoms with van der Waals surface area (Å²) in [4.78, 5) is 3.32. The minimum absolute atomic E-state index is 0.266. The summed E-state index contributed by atoms with van der Waals surface area (Å²) in [5.74, 6) is 0. The van der Waals surface area contributed by atoms with Crippen LogP contribution in [0.3, 0.4) is 0 Å². The fourth-order valence-electron chi connectivity index (χ4n) is 1.48. The Hall–Kier alpha value is -0.110. The maximum Gasteiger partial charge on any atom is 0.0833 e. The summed E-state index contributed by atoms with van der Waals surface area (Å²) in [7, 11) is 2.09. The first-order valence-corrected chi connectivity index (χ1v) is 4.20. The maximum absolute atomic E-state index is 5.29. The lowest BCUT2D eigenvalue weighted by Gasteiger charge is -2.37. The summed E-state index contributed by atoms with van der Waals surface area (Å²) >= 11 is 5.29. The topological polar surface area (TPSA) is 3.24 Å². The van der Waals surface area contributed by atoms with Crippen molar-refractivity contribution < 1.29 is 0 Å². The molecule has 1 aliphatic rings. The Morgan fingerprint density at radius 3 is 2.50 bits per heavy atom. The number of rotatable bonds is 0. The molecule has 0 amide bonds. The van der Waals surface area contributed by atoms with Gasteiger partial charge in [0.1, 0.15) is 0 Å². The van der Waals surface area contributed by atoms with Gasteiger partial charge in [0.05, 0.1) is 4.99 Å². The van der Waals surface area contributed by atoms with E-state index in [1.807, 2.05) is 0 Å². The molecule has 0 saturated carbocycles. The molecule has 0 unspecified atom stereocenters. The zero-order valence-electron chi connectivity index (χ0n) is 6.98. The van der Waals surface area contributed by atoms with Crippen molar-refractivity contribution in [2.45, 2.75) is 26.7 Å². The van der Waals surface area contributed by atoms with Crippen molar-refractivity contribution in [2.75, 3.05) is 13.6 Å². The Morgan fingerprint density at radius 1 is 1.50 bits per heavy atom. The molecule has 0 aromatic carbocycles.